The van der Waals surface area contributed by atoms with Gasteiger partial charge < -0.3 is 9.84 Å². The summed E-state index contributed by atoms with van der Waals surface area (Å²) in [7, 11) is 1.52. The maximum atomic E-state index is 9.60. The molecule has 0 spiro atoms. The van der Waals surface area contributed by atoms with Crippen LogP contribution in [0, 0.1) is 0 Å². The molecule has 1 heterocycles. The van der Waals surface area contributed by atoms with Crippen molar-refractivity contribution in [2.24, 2.45) is 0 Å². The van der Waals surface area contributed by atoms with Gasteiger partial charge >= 0.3 is 0 Å². The van der Waals surface area contributed by atoms with Gasteiger partial charge in [-0.1, -0.05) is 11.6 Å². The van der Waals surface area contributed by atoms with E-state index in [4.69, 9.17) is 16.3 Å². The summed E-state index contributed by atoms with van der Waals surface area (Å²) in [6.45, 7) is 0. The number of rotatable bonds is 2. The molecule has 5 heteroatoms. The number of methoxy groups -OCH3 is 1. The van der Waals surface area contributed by atoms with E-state index in [1.54, 1.807) is 23.5 Å². The van der Waals surface area contributed by atoms with Gasteiger partial charge in [0.15, 0.2) is 11.5 Å². The van der Waals surface area contributed by atoms with Crippen LogP contribution in [0.5, 0.6) is 11.5 Å². The molecule has 1 aromatic heterocycles. The third kappa shape index (κ3) is 2.25. The largest absolute Gasteiger partial charge is 0.504 e. The molecule has 0 fully saturated rings. The zero-order valence-electron chi connectivity index (χ0n) is 10.1. The van der Waals surface area contributed by atoms with E-state index in [0.717, 1.165) is 20.8 Å². The molecule has 96 valence electrons. The molecular formula is C14H10ClNO2S. The zero-order chi connectivity index (χ0) is 13.4. The van der Waals surface area contributed by atoms with Crippen LogP contribution in [-0.2, 0) is 0 Å². The lowest BCUT2D eigenvalue weighted by Crippen LogP contribution is -1.84. The lowest BCUT2D eigenvalue weighted by atomic mass is 10.2. The predicted octanol–water partition coefficient (Wildman–Crippen LogP) is 4.33. The van der Waals surface area contributed by atoms with Gasteiger partial charge in [-0.15, -0.1) is 11.3 Å². The first kappa shape index (κ1) is 12.3. The summed E-state index contributed by atoms with van der Waals surface area (Å²) in [5.74, 6) is 0.560. The fraction of sp³-hybridized carbons (Fsp3) is 0.0714. The van der Waals surface area contributed by atoms with Crippen molar-refractivity contribution in [2.75, 3.05) is 7.11 Å². The number of ether oxygens (including phenoxy) is 1. The highest BCUT2D eigenvalue weighted by Crippen LogP contribution is 2.35. The first-order valence-electron chi connectivity index (χ1n) is 5.61. The van der Waals surface area contributed by atoms with Crippen molar-refractivity contribution in [1.82, 2.24) is 4.98 Å². The minimum absolute atomic E-state index is 0.121. The van der Waals surface area contributed by atoms with Crippen LogP contribution in [-0.4, -0.2) is 17.2 Å². The monoisotopic (exact) mass is 291 g/mol. The number of nitrogens with zero attached hydrogens (tertiary/aromatic N) is 1. The molecule has 2 aromatic carbocycles. The Kier molecular flexibility index (Phi) is 3.05. The van der Waals surface area contributed by atoms with Crippen molar-refractivity contribution in [3.8, 4) is 22.1 Å². The fourth-order valence-corrected chi connectivity index (χ4v) is 2.94. The van der Waals surface area contributed by atoms with Crippen molar-refractivity contribution < 1.29 is 9.84 Å². The van der Waals surface area contributed by atoms with E-state index in [2.05, 4.69) is 4.98 Å². The summed E-state index contributed by atoms with van der Waals surface area (Å²) in [6.07, 6.45) is 0. The highest BCUT2D eigenvalue weighted by molar-refractivity contribution is 7.21. The molecule has 0 aliphatic heterocycles. The molecule has 0 bridgehead atoms. The number of fused-ring (bicyclic) bond motifs is 1. The van der Waals surface area contributed by atoms with Crippen LogP contribution in [0.2, 0.25) is 5.02 Å². The van der Waals surface area contributed by atoms with Gasteiger partial charge in [0.2, 0.25) is 0 Å². The van der Waals surface area contributed by atoms with Gasteiger partial charge in [0.1, 0.15) is 5.01 Å². The van der Waals surface area contributed by atoms with Gasteiger partial charge in [0.05, 0.1) is 17.3 Å². The van der Waals surface area contributed by atoms with E-state index in [1.165, 1.54) is 7.11 Å². The zero-order valence-corrected chi connectivity index (χ0v) is 11.6. The van der Waals surface area contributed by atoms with Crippen LogP contribution in [0.15, 0.2) is 36.4 Å². The lowest BCUT2D eigenvalue weighted by Gasteiger charge is -2.04. The second kappa shape index (κ2) is 4.72. The average molecular weight is 292 g/mol. The minimum atomic E-state index is 0.121. The van der Waals surface area contributed by atoms with E-state index in [0.29, 0.717) is 10.8 Å². The van der Waals surface area contributed by atoms with E-state index in [1.807, 2.05) is 24.3 Å². The molecule has 19 heavy (non-hydrogen) atoms. The number of aromatic nitrogens is 1. The van der Waals surface area contributed by atoms with Crippen molar-refractivity contribution in [3.63, 3.8) is 0 Å². The molecule has 0 atom stereocenters. The topological polar surface area (TPSA) is 42.4 Å². The van der Waals surface area contributed by atoms with Crippen LogP contribution in [0.25, 0.3) is 20.8 Å². The Morgan fingerprint density at radius 3 is 2.84 bits per heavy atom. The molecule has 0 amide bonds. The Balaban J connectivity index is 2.13. The van der Waals surface area contributed by atoms with Crippen molar-refractivity contribution in [3.05, 3.63) is 41.4 Å². The first-order chi connectivity index (χ1) is 9.17. The van der Waals surface area contributed by atoms with E-state index < -0.39 is 0 Å². The molecule has 0 aliphatic carbocycles. The Bertz CT molecular complexity index is 754. The highest BCUT2D eigenvalue weighted by atomic mass is 35.5. The second-order valence-corrected chi connectivity index (χ2v) is 5.48. The van der Waals surface area contributed by atoms with E-state index in [9.17, 15) is 5.11 Å². The number of phenols is 1. The van der Waals surface area contributed by atoms with Crippen LogP contribution in [0.4, 0.5) is 0 Å². The minimum Gasteiger partial charge on any atom is -0.504 e. The summed E-state index contributed by atoms with van der Waals surface area (Å²) in [6, 6.07) is 10.8. The van der Waals surface area contributed by atoms with Crippen molar-refractivity contribution in [2.45, 2.75) is 0 Å². The SMILES string of the molecule is COc1cc(-c2nc3cc(Cl)ccc3s2)ccc1O. The maximum absolute atomic E-state index is 9.60. The molecule has 3 aromatic rings. The summed E-state index contributed by atoms with van der Waals surface area (Å²) >= 11 is 7.53. The summed E-state index contributed by atoms with van der Waals surface area (Å²) in [5, 5.41) is 11.1. The van der Waals surface area contributed by atoms with E-state index in [-0.39, 0.29) is 5.75 Å². The van der Waals surface area contributed by atoms with Crippen molar-refractivity contribution in [1.29, 1.82) is 0 Å². The fourth-order valence-electron chi connectivity index (χ4n) is 1.83. The van der Waals surface area contributed by atoms with Crippen LogP contribution in [0.3, 0.4) is 0 Å². The number of phenolic OH excluding ortho intramolecular Hbond substituents is 1. The number of benzene rings is 2. The predicted molar refractivity (Wildman–Crippen MR) is 78.3 cm³/mol. The summed E-state index contributed by atoms with van der Waals surface area (Å²) in [4.78, 5) is 4.55. The molecule has 0 saturated carbocycles. The van der Waals surface area contributed by atoms with Gasteiger partial charge in [-0.05, 0) is 36.4 Å². The maximum Gasteiger partial charge on any atom is 0.161 e. The Hall–Kier alpha value is -1.78. The molecule has 3 nitrogen and oxygen atoms in total. The molecule has 0 unspecified atom stereocenters. The first-order valence-corrected chi connectivity index (χ1v) is 6.80. The Labute approximate surface area is 119 Å². The average Bonchev–Trinajstić information content (AvgIpc) is 2.82. The second-order valence-electron chi connectivity index (χ2n) is 4.02. The van der Waals surface area contributed by atoms with Gasteiger partial charge in [-0.3, -0.25) is 0 Å². The van der Waals surface area contributed by atoms with Gasteiger partial charge in [-0.2, -0.15) is 0 Å². The molecular weight excluding hydrogens is 282 g/mol. The Morgan fingerprint density at radius 2 is 2.05 bits per heavy atom. The number of aromatic hydroxyl groups is 1. The van der Waals surface area contributed by atoms with Gasteiger partial charge in [0, 0.05) is 10.6 Å². The molecule has 0 aliphatic rings. The summed E-state index contributed by atoms with van der Waals surface area (Å²) < 4.78 is 6.18. The standard InChI is InChI=1S/C14H10ClNO2S/c1-18-12-6-8(2-4-11(12)17)14-16-10-7-9(15)3-5-13(10)19-14/h2-7,17H,1H3. The highest BCUT2D eigenvalue weighted by Gasteiger charge is 2.09. The van der Waals surface area contributed by atoms with Crippen LogP contribution in [0.1, 0.15) is 0 Å². The normalized spacial score (nSPS) is 10.8. The number of hydrogen-bond acceptors (Lipinski definition) is 4. The number of halogens is 1. The van der Waals surface area contributed by atoms with Crippen molar-refractivity contribution >= 4 is 33.2 Å². The number of thiazole rings is 1. The van der Waals surface area contributed by atoms with Crippen LogP contribution >= 0.6 is 22.9 Å². The lowest BCUT2D eigenvalue weighted by molar-refractivity contribution is 0.373. The van der Waals surface area contributed by atoms with Crippen LogP contribution < -0.4 is 4.74 Å². The summed E-state index contributed by atoms with van der Waals surface area (Å²) in [5.41, 5.74) is 1.78. The third-order valence-corrected chi connectivity index (χ3v) is 4.10. The quantitative estimate of drug-likeness (QED) is 0.764. The third-order valence-electron chi connectivity index (χ3n) is 2.78. The van der Waals surface area contributed by atoms with E-state index >= 15 is 0 Å². The Morgan fingerprint density at radius 1 is 1.21 bits per heavy atom. The molecule has 3 rings (SSSR count). The molecule has 0 saturated heterocycles. The smallest absolute Gasteiger partial charge is 0.161 e. The van der Waals surface area contributed by atoms with Gasteiger partial charge in [0.25, 0.3) is 0 Å². The number of hydrogen-bond donors (Lipinski definition) is 1. The molecule has 1 N–H and O–H groups in total. The van der Waals surface area contributed by atoms with Gasteiger partial charge in [-0.25, -0.2) is 4.98 Å². The molecule has 0 radical (unpaired) electrons.